The van der Waals surface area contributed by atoms with Gasteiger partial charge in [-0.3, -0.25) is 0 Å². The summed E-state index contributed by atoms with van der Waals surface area (Å²) in [6.45, 7) is 1.89. The third-order valence-corrected chi connectivity index (χ3v) is 2.80. The number of rotatable bonds is 2. The van der Waals surface area contributed by atoms with Gasteiger partial charge in [-0.1, -0.05) is 37.3 Å². The molecule has 0 atom stereocenters. The van der Waals surface area contributed by atoms with Crippen molar-refractivity contribution in [3.63, 3.8) is 0 Å². The molecule has 2 aromatic carbocycles. The average Bonchev–Trinajstić information content (AvgIpc) is 2.36. The number of aromatic hydroxyl groups is 3. The van der Waals surface area contributed by atoms with Crippen LogP contribution in [0.4, 0.5) is 0 Å². The minimum atomic E-state index is -0.457. The number of benzene rings is 2. The summed E-state index contributed by atoms with van der Waals surface area (Å²) in [7, 11) is 0. The van der Waals surface area contributed by atoms with Gasteiger partial charge in [0.25, 0.3) is 0 Å². The summed E-state index contributed by atoms with van der Waals surface area (Å²) < 4.78 is 0. The van der Waals surface area contributed by atoms with Crippen molar-refractivity contribution in [1.29, 1.82) is 0 Å². The fraction of sp³-hybridized carbons (Fsp3) is 0.143. The first-order valence-corrected chi connectivity index (χ1v) is 5.47. The van der Waals surface area contributed by atoms with Gasteiger partial charge in [0.1, 0.15) is 0 Å². The fourth-order valence-corrected chi connectivity index (χ4v) is 1.92. The molecular weight excluding hydrogens is 216 g/mol. The minimum Gasteiger partial charge on any atom is -0.504 e. The average molecular weight is 230 g/mol. The van der Waals surface area contributed by atoms with E-state index >= 15 is 0 Å². The lowest BCUT2D eigenvalue weighted by atomic mass is 9.96. The molecule has 2 aromatic rings. The highest BCUT2D eigenvalue weighted by Crippen LogP contribution is 2.43. The lowest BCUT2D eigenvalue weighted by molar-refractivity contribution is 0.365. The Balaban J connectivity index is 2.70. The summed E-state index contributed by atoms with van der Waals surface area (Å²) in [4.78, 5) is 0. The second-order valence-electron chi connectivity index (χ2n) is 3.84. The van der Waals surface area contributed by atoms with Gasteiger partial charge in [0.15, 0.2) is 11.5 Å². The highest BCUT2D eigenvalue weighted by molar-refractivity contribution is 5.75. The van der Waals surface area contributed by atoms with Crippen molar-refractivity contribution in [2.75, 3.05) is 0 Å². The van der Waals surface area contributed by atoms with E-state index in [4.69, 9.17) is 0 Å². The number of hydrogen-bond acceptors (Lipinski definition) is 3. The largest absolute Gasteiger partial charge is 0.504 e. The normalized spacial score (nSPS) is 10.4. The first kappa shape index (κ1) is 11.3. The molecule has 0 unspecified atom stereocenters. The Bertz CT molecular complexity index is 533. The van der Waals surface area contributed by atoms with Crippen LogP contribution in [0.5, 0.6) is 17.2 Å². The zero-order valence-corrected chi connectivity index (χ0v) is 9.51. The molecule has 0 amide bonds. The second kappa shape index (κ2) is 4.37. The molecule has 0 spiro atoms. The fourth-order valence-electron chi connectivity index (χ4n) is 1.92. The zero-order valence-electron chi connectivity index (χ0n) is 9.51. The van der Waals surface area contributed by atoms with Gasteiger partial charge in [0.05, 0.1) is 0 Å². The summed E-state index contributed by atoms with van der Waals surface area (Å²) in [5, 5.41) is 28.9. The molecule has 3 heteroatoms. The van der Waals surface area contributed by atoms with Crippen LogP contribution in [0.25, 0.3) is 11.1 Å². The van der Waals surface area contributed by atoms with Crippen LogP contribution in [0.1, 0.15) is 12.5 Å². The Labute approximate surface area is 99.6 Å². The molecule has 2 rings (SSSR count). The molecule has 0 fully saturated rings. The molecule has 88 valence electrons. The van der Waals surface area contributed by atoms with Crippen molar-refractivity contribution in [3.8, 4) is 28.4 Å². The first-order valence-electron chi connectivity index (χ1n) is 5.47. The van der Waals surface area contributed by atoms with E-state index in [1.54, 1.807) is 0 Å². The molecule has 0 heterocycles. The Morgan fingerprint density at radius 3 is 2.18 bits per heavy atom. The maximum Gasteiger partial charge on any atom is 0.200 e. The zero-order chi connectivity index (χ0) is 12.4. The summed E-state index contributed by atoms with van der Waals surface area (Å²) in [6.07, 6.45) is 0.573. The summed E-state index contributed by atoms with van der Waals surface area (Å²) in [5.41, 5.74) is 2.27. The Morgan fingerprint density at radius 1 is 0.941 bits per heavy atom. The lowest BCUT2D eigenvalue weighted by Crippen LogP contribution is -1.89. The van der Waals surface area contributed by atoms with Crippen LogP contribution in [0.15, 0.2) is 36.4 Å². The van der Waals surface area contributed by atoms with Gasteiger partial charge >= 0.3 is 0 Å². The lowest BCUT2D eigenvalue weighted by Gasteiger charge is -2.12. The Kier molecular flexibility index (Phi) is 2.91. The van der Waals surface area contributed by atoms with Crippen LogP contribution in [0, 0.1) is 0 Å². The maximum atomic E-state index is 9.81. The van der Waals surface area contributed by atoms with Gasteiger partial charge < -0.3 is 15.3 Å². The monoisotopic (exact) mass is 230 g/mol. The summed E-state index contributed by atoms with van der Waals surface area (Å²) >= 11 is 0. The van der Waals surface area contributed by atoms with Crippen LogP contribution >= 0.6 is 0 Å². The third-order valence-electron chi connectivity index (χ3n) is 2.80. The van der Waals surface area contributed by atoms with Crippen molar-refractivity contribution in [2.24, 2.45) is 0 Å². The van der Waals surface area contributed by atoms with Crippen LogP contribution in [0.2, 0.25) is 0 Å². The molecule has 0 aliphatic carbocycles. The van der Waals surface area contributed by atoms with E-state index in [0.29, 0.717) is 12.0 Å². The van der Waals surface area contributed by atoms with Crippen molar-refractivity contribution in [3.05, 3.63) is 42.0 Å². The molecule has 3 nitrogen and oxygen atoms in total. The second-order valence-corrected chi connectivity index (χ2v) is 3.84. The maximum absolute atomic E-state index is 9.81. The van der Waals surface area contributed by atoms with Gasteiger partial charge in [0, 0.05) is 5.56 Å². The van der Waals surface area contributed by atoms with Crippen LogP contribution in [-0.2, 0) is 6.42 Å². The molecule has 0 bridgehead atoms. The topological polar surface area (TPSA) is 60.7 Å². The molecule has 0 aliphatic heterocycles. The van der Waals surface area contributed by atoms with Crippen molar-refractivity contribution >= 4 is 0 Å². The van der Waals surface area contributed by atoms with E-state index in [0.717, 1.165) is 11.1 Å². The smallest absolute Gasteiger partial charge is 0.200 e. The van der Waals surface area contributed by atoms with E-state index in [-0.39, 0.29) is 11.5 Å². The van der Waals surface area contributed by atoms with E-state index < -0.39 is 5.75 Å². The van der Waals surface area contributed by atoms with E-state index in [2.05, 4.69) is 0 Å². The Hall–Kier alpha value is -2.16. The SMILES string of the molecule is CCc1c(-c2ccccc2)cc(O)c(O)c1O. The predicted octanol–water partition coefficient (Wildman–Crippen LogP) is 3.03. The summed E-state index contributed by atoms with van der Waals surface area (Å²) in [6, 6.07) is 10.9. The minimum absolute atomic E-state index is 0.244. The number of hydrogen-bond donors (Lipinski definition) is 3. The van der Waals surface area contributed by atoms with Gasteiger partial charge in [0.2, 0.25) is 5.75 Å². The van der Waals surface area contributed by atoms with E-state index in [1.807, 2.05) is 37.3 Å². The van der Waals surface area contributed by atoms with Gasteiger partial charge in [-0.2, -0.15) is 0 Å². The van der Waals surface area contributed by atoms with Crippen LogP contribution in [0.3, 0.4) is 0 Å². The van der Waals surface area contributed by atoms with E-state index in [1.165, 1.54) is 6.07 Å². The van der Waals surface area contributed by atoms with Gasteiger partial charge in [-0.25, -0.2) is 0 Å². The first-order chi connectivity index (χ1) is 8.15. The van der Waals surface area contributed by atoms with Crippen LogP contribution in [-0.4, -0.2) is 15.3 Å². The molecule has 0 aromatic heterocycles. The highest BCUT2D eigenvalue weighted by Gasteiger charge is 2.16. The quantitative estimate of drug-likeness (QED) is 0.695. The van der Waals surface area contributed by atoms with E-state index in [9.17, 15) is 15.3 Å². The third kappa shape index (κ3) is 1.91. The molecular formula is C14H14O3. The number of phenols is 3. The van der Waals surface area contributed by atoms with Gasteiger partial charge in [-0.15, -0.1) is 0 Å². The van der Waals surface area contributed by atoms with Gasteiger partial charge in [-0.05, 0) is 23.6 Å². The Morgan fingerprint density at radius 2 is 1.59 bits per heavy atom. The molecule has 17 heavy (non-hydrogen) atoms. The predicted molar refractivity (Wildman–Crippen MR) is 66.3 cm³/mol. The van der Waals surface area contributed by atoms with Crippen molar-refractivity contribution in [2.45, 2.75) is 13.3 Å². The molecule has 0 saturated heterocycles. The molecule has 3 N–H and O–H groups in total. The standard InChI is InChI=1S/C14H14O3/c1-2-10-11(9-6-4-3-5-7-9)8-12(15)14(17)13(10)16/h3-8,15-17H,2H2,1H3. The summed E-state index contributed by atoms with van der Waals surface area (Å²) in [5.74, 6) is -1.01. The molecule has 0 radical (unpaired) electrons. The number of phenolic OH excluding ortho intramolecular Hbond substituents is 3. The highest BCUT2D eigenvalue weighted by atomic mass is 16.3. The van der Waals surface area contributed by atoms with Crippen molar-refractivity contribution < 1.29 is 15.3 Å². The molecule has 0 saturated carbocycles. The van der Waals surface area contributed by atoms with Crippen molar-refractivity contribution in [1.82, 2.24) is 0 Å². The van der Waals surface area contributed by atoms with Crippen LogP contribution < -0.4 is 0 Å². The molecule has 0 aliphatic rings.